The fourth-order valence-corrected chi connectivity index (χ4v) is 5.78. The van der Waals surface area contributed by atoms with Crippen LogP contribution in [-0.2, 0) is 0 Å². The summed E-state index contributed by atoms with van der Waals surface area (Å²) in [5.41, 5.74) is 4.08. The molecule has 0 aliphatic rings. The second kappa shape index (κ2) is 12.2. The lowest BCUT2D eigenvalue weighted by Gasteiger charge is -2.40. The summed E-state index contributed by atoms with van der Waals surface area (Å²) < 4.78 is 16.3. The molecule has 0 bridgehead atoms. The topological polar surface area (TPSA) is 27.7 Å². The second-order valence-corrected chi connectivity index (χ2v) is 10.1. The third-order valence-corrected chi connectivity index (χ3v) is 7.85. The largest absolute Gasteiger partial charge is 0.497 e. The van der Waals surface area contributed by atoms with Gasteiger partial charge in [-0.25, -0.2) is 0 Å². The number of benzene rings is 3. The first-order valence-electron chi connectivity index (χ1n) is 12.7. The van der Waals surface area contributed by atoms with Crippen LogP contribution in [0.25, 0.3) is 0 Å². The van der Waals surface area contributed by atoms with Crippen molar-refractivity contribution in [1.82, 2.24) is 0 Å². The number of methoxy groups -OCH3 is 3. The average molecular weight is 475 g/mol. The van der Waals surface area contributed by atoms with Gasteiger partial charge in [0.25, 0.3) is 0 Å². The van der Waals surface area contributed by atoms with E-state index in [9.17, 15) is 0 Å². The Balaban J connectivity index is 2.02. The normalized spacial score (nSPS) is 15.7. The monoisotopic (exact) mass is 474 g/mol. The van der Waals surface area contributed by atoms with Gasteiger partial charge in [0.15, 0.2) is 0 Å². The number of hydrogen-bond acceptors (Lipinski definition) is 3. The van der Waals surface area contributed by atoms with Gasteiger partial charge in [-0.05, 0) is 88.6 Å². The van der Waals surface area contributed by atoms with Crippen LogP contribution in [-0.4, -0.2) is 21.3 Å². The molecule has 0 aliphatic heterocycles. The maximum Gasteiger partial charge on any atom is 0.118 e. The molecule has 0 heterocycles. The molecule has 0 N–H and O–H groups in total. The summed E-state index contributed by atoms with van der Waals surface area (Å²) in [4.78, 5) is 0. The lowest BCUT2D eigenvalue weighted by Crippen LogP contribution is -2.28. The van der Waals surface area contributed by atoms with Crippen LogP contribution in [0.2, 0.25) is 0 Å². The molecule has 0 spiro atoms. The van der Waals surface area contributed by atoms with Gasteiger partial charge in [0.1, 0.15) is 17.2 Å². The van der Waals surface area contributed by atoms with Crippen molar-refractivity contribution in [3.8, 4) is 17.2 Å². The predicted octanol–water partition coefficient (Wildman–Crippen LogP) is 8.31. The van der Waals surface area contributed by atoms with Gasteiger partial charge in [0.05, 0.1) is 21.3 Å². The SMILES string of the molecule is COc1ccc([C@@H]([C@@H](C)[C@@H](C)c2ccc(OC)cc2)[C@H](C)[C@H](c2ccc(OC)cc2)C(C)C)cc1. The van der Waals surface area contributed by atoms with Gasteiger partial charge >= 0.3 is 0 Å². The summed E-state index contributed by atoms with van der Waals surface area (Å²) in [5, 5.41) is 0. The molecule has 3 rings (SSSR count). The van der Waals surface area contributed by atoms with E-state index in [-0.39, 0.29) is 0 Å². The summed E-state index contributed by atoms with van der Waals surface area (Å²) >= 11 is 0. The van der Waals surface area contributed by atoms with Crippen LogP contribution in [0.1, 0.15) is 69.1 Å². The number of hydrogen-bond donors (Lipinski definition) is 0. The summed E-state index contributed by atoms with van der Waals surface area (Å²) in [6, 6.07) is 25.9. The lowest BCUT2D eigenvalue weighted by atomic mass is 9.65. The summed E-state index contributed by atoms with van der Waals surface area (Å²) in [6.45, 7) is 11.9. The van der Waals surface area contributed by atoms with Crippen LogP contribution in [0.5, 0.6) is 17.2 Å². The molecule has 0 radical (unpaired) electrons. The Morgan fingerprint density at radius 3 is 1.11 bits per heavy atom. The van der Waals surface area contributed by atoms with Crippen molar-refractivity contribution in [2.75, 3.05) is 21.3 Å². The van der Waals surface area contributed by atoms with Gasteiger partial charge in [-0.1, -0.05) is 71.0 Å². The van der Waals surface area contributed by atoms with E-state index in [4.69, 9.17) is 14.2 Å². The standard InChI is InChI=1S/C32H42O3/c1-21(2)31(26-11-17-29(34-7)18-12-26)24(5)32(27-13-19-30(35-8)20-14-27)23(4)22(3)25-9-15-28(33-6)16-10-25/h9-24,31-32H,1-8H3/t22-,23+,24-,31-,32+/m1/s1. The smallest absolute Gasteiger partial charge is 0.118 e. The second-order valence-electron chi connectivity index (χ2n) is 10.1. The highest BCUT2D eigenvalue weighted by Crippen LogP contribution is 2.47. The molecule has 0 aromatic heterocycles. The zero-order valence-corrected chi connectivity index (χ0v) is 22.6. The van der Waals surface area contributed by atoms with Gasteiger partial charge in [0, 0.05) is 0 Å². The minimum absolute atomic E-state index is 0.368. The molecule has 0 fully saturated rings. The van der Waals surface area contributed by atoms with E-state index < -0.39 is 0 Å². The Morgan fingerprint density at radius 1 is 0.429 bits per heavy atom. The Morgan fingerprint density at radius 2 is 0.771 bits per heavy atom. The van der Waals surface area contributed by atoms with Crippen LogP contribution < -0.4 is 14.2 Å². The quantitative estimate of drug-likeness (QED) is 0.280. The molecule has 0 unspecified atom stereocenters. The van der Waals surface area contributed by atoms with E-state index in [1.807, 2.05) is 0 Å². The molecule has 0 saturated carbocycles. The molecule has 5 atom stereocenters. The van der Waals surface area contributed by atoms with E-state index in [2.05, 4.69) is 107 Å². The van der Waals surface area contributed by atoms with Crippen molar-refractivity contribution < 1.29 is 14.2 Å². The molecule has 3 aromatic carbocycles. The molecule has 188 valence electrons. The predicted molar refractivity (Wildman–Crippen MR) is 146 cm³/mol. The van der Waals surface area contributed by atoms with Gasteiger partial charge < -0.3 is 14.2 Å². The first kappa shape index (κ1) is 26.7. The van der Waals surface area contributed by atoms with Gasteiger partial charge in [-0.3, -0.25) is 0 Å². The van der Waals surface area contributed by atoms with E-state index in [1.165, 1.54) is 16.7 Å². The molecule has 3 nitrogen and oxygen atoms in total. The molecule has 3 aromatic rings. The molecule has 0 amide bonds. The van der Waals surface area contributed by atoms with Crippen molar-refractivity contribution in [1.29, 1.82) is 0 Å². The van der Waals surface area contributed by atoms with E-state index in [0.717, 1.165) is 17.2 Å². The van der Waals surface area contributed by atoms with Crippen LogP contribution in [0, 0.1) is 17.8 Å². The van der Waals surface area contributed by atoms with Crippen LogP contribution >= 0.6 is 0 Å². The fraction of sp³-hybridized carbons (Fsp3) is 0.438. The van der Waals surface area contributed by atoms with Crippen LogP contribution in [0.4, 0.5) is 0 Å². The van der Waals surface area contributed by atoms with Gasteiger partial charge in [-0.15, -0.1) is 0 Å². The molecule has 35 heavy (non-hydrogen) atoms. The zero-order chi connectivity index (χ0) is 25.5. The van der Waals surface area contributed by atoms with Crippen molar-refractivity contribution in [2.24, 2.45) is 17.8 Å². The van der Waals surface area contributed by atoms with E-state index in [0.29, 0.717) is 35.5 Å². The fourth-order valence-electron chi connectivity index (χ4n) is 5.78. The van der Waals surface area contributed by atoms with Gasteiger partial charge in [0.2, 0.25) is 0 Å². The number of rotatable bonds is 11. The molecule has 3 heteroatoms. The average Bonchev–Trinajstić information content (AvgIpc) is 2.89. The Labute approximate surface area is 212 Å². The highest BCUT2D eigenvalue weighted by Gasteiger charge is 2.35. The molecule has 0 saturated heterocycles. The zero-order valence-electron chi connectivity index (χ0n) is 22.6. The summed E-state index contributed by atoms with van der Waals surface area (Å²) in [5.74, 6) is 5.21. The highest BCUT2D eigenvalue weighted by atomic mass is 16.5. The van der Waals surface area contributed by atoms with Crippen molar-refractivity contribution in [3.05, 3.63) is 89.5 Å². The maximum absolute atomic E-state index is 5.46. The van der Waals surface area contributed by atoms with E-state index in [1.54, 1.807) is 21.3 Å². The lowest BCUT2D eigenvalue weighted by molar-refractivity contribution is 0.242. The van der Waals surface area contributed by atoms with Crippen molar-refractivity contribution in [2.45, 2.75) is 52.4 Å². The summed E-state index contributed by atoms with van der Waals surface area (Å²) in [6.07, 6.45) is 0. The van der Waals surface area contributed by atoms with Crippen LogP contribution in [0.15, 0.2) is 72.8 Å². The molecule has 0 aliphatic carbocycles. The van der Waals surface area contributed by atoms with Crippen molar-refractivity contribution in [3.63, 3.8) is 0 Å². The van der Waals surface area contributed by atoms with Crippen molar-refractivity contribution >= 4 is 0 Å². The van der Waals surface area contributed by atoms with Gasteiger partial charge in [-0.2, -0.15) is 0 Å². The summed E-state index contributed by atoms with van der Waals surface area (Å²) in [7, 11) is 5.16. The first-order valence-corrected chi connectivity index (χ1v) is 12.7. The molecular formula is C32H42O3. The third-order valence-electron chi connectivity index (χ3n) is 7.85. The Kier molecular flexibility index (Phi) is 9.26. The first-order chi connectivity index (χ1) is 16.8. The maximum atomic E-state index is 5.46. The number of ether oxygens (including phenoxy) is 3. The van der Waals surface area contributed by atoms with E-state index >= 15 is 0 Å². The minimum atomic E-state index is 0.368. The highest BCUT2D eigenvalue weighted by molar-refractivity contribution is 5.35. The van der Waals surface area contributed by atoms with Crippen LogP contribution in [0.3, 0.4) is 0 Å². The minimum Gasteiger partial charge on any atom is -0.497 e. The Hall–Kier alpha value is -2.94. The molecular weight excluding hydrogens is 432 g/mol. The Bertz CT molecular complexity index is 1020. The third kappa shape index (κ3) is 6.20.